The van der Waals surface area contributed by atoms with Crippen molar-refractivity contribution in [2.75, 3.05) is 84.2 Å². The molecule has 3 aromatic carbocycles. The van der Waals surface area contributed by atoms with Gasteiger partial charge >= 0.3 is 12.2 Å². The molecule has 0 bridgehead atoms. The van der Waals surface area contributed by atoms with E-state index in [0.717, 1.165) is 74.4 Å². The van der Waals surface area contributed by atoms with Crippen molar-refractivity contribution in [3.63, 3.8) is 0 Å². The van der Waals surface area contributed by atoms with E-state index in [-0.39, 0.29) is 24.0 Å². The van der Waals surface area contributed by atoms with Crippen LogP contribution in [0.4, 0.5) is 21.0 Å². The van der Waals surface area contributed by atoms with Crippen molar-refractivity contribution in [3.8, 4) is 11.1 Å². The lowest BCUT2D eigenvalue weighted by atomic mass is 10.0. The number of hydrogen-bond donors (Lipinski definition) is 1. The predicted octanol–water partition coefficient (Wildman–Crippen LogP) is 7.46. The first-order valence-corrected chi connectivity index (χ1v) is 19.8. The van der Waals surface area contributed by atoms with Crippen molar-refractivity contribution in [1.82, 2.24) is 19.6 Å². The molecule has 0 spiro atoms. The first-order chi connectivity index (χ1) is 26.7. The summed E-state index contributed by atoms with van der Waals surface area (Å²) in [5.41, 5.74) is 3.77. The van der Waals surface area contributed by atoms with Gasteiger partial charge in [0, 0.05) is 97.2 Å². The van der Waals surface area contributed by atoms with E-state index in [0.29, 0.717) is 38.0 Å². The average Bonchev–Trinajstić information content (AvgIpc) is 3.18. The van der Waals surface area contributed by atoms with Crippen LogP contribution in [-0.2, 0) is 14.3 Å². The lowest BCUT2D eigenvalue weighted by molar-refractivity contribution is -0.130. The predicted molar refractivity (Wildman–Crippen MR) is 223 cm³/mol. The number of hydrogen-bond acceptors (Lipinski definition) is 8. The fraction of sp³-hybridized carbons (Fsp3) is 0.500. The number of nitrogens with zero attached hydrogens (tertiary/aromatic N) is 5. The van der Waals surface area contributed by atoms with E-state index in [1.807, 2.05) is 119 Å². The van der Waals surface area contributed by atoms with Gasteiger partial charge in [-0.05, 0) is 88.8 Å². The Labute approximate surface area is 333 Å². The van der Waals surface area contributed by atoms with Crippen molar-refractivity contribution in [2.45, 2.75) is 71.0 Å². The number of carbonyl (C=O) groups excluding carboxylic acids is 4. The summed E-state index contributed by atoms with van der Waals surface area (Å²) < 4.78 is 11.2. The fourth-order valence-corrected chi connectivity index (χ4v) is 6.52. The van der Waals surface area contributed by atoms with Crippen molar-refractivity contribution >= 4 is 35.4 Å². The Morgan fingerprint density at radius 2 is 1.38 bits per heavy atom. The number of nitrogens with one attached hydrogen (secondary N) is 1. The van der Waals surface area contributed by atoms with E-state index in [1.165, 1.54) is 4.90 Å². The SMILES string of the molecule is CN(CCN1CCC(OC(=O)Nc2ccccc2-c2ccccc2)CC1)C(=O)CCCCN(C)c1ccc(C(=O)N(C)CCCN(C)C(=O)OC(C)(C)C)cc1. The van der Waals surface area contributed by atoms with Gasteiger partial charge in [0.2, 0.25) is 5.91 Å². The van der Waals surface area contributed by atoms with Gasteiger partial charge in [0.05, 0.1) is 5.69 Å². The minimum absolute atomic E-state index is 0.0678. The highest BCUT2D eigenvalue weighted by Gasteiger charge is 2.24. The molecular formula is C44H62N6O6. The third kappa shape index (κ3) is 14.2. The molecule has 1 aliphatic heterocycles. The van der Waals surface area contributed by atoms with Crippen molar-refractivity contribution in [3.05, 3.63) is 84.4 Å². The average molecular weight is 771 g/mol. The molecule has 304 valence electrons. The second-order valence-corrected chi connectivity index (χ2v) is 15.7. The van der Waals surface area contributed by atoms with Gasteiger partial charge in [0.25, 0.3) is 5.91 Å². The molecule has 0 aliphatic carbocycles. The third-order valence-corrected chi connectivity index (χ3v) is 9.96. The first-order valence-electron chi connectivity index (χ1n) is 19.8. The smallest absolute Gasteiger partial charge is 0.411 e. The Morgan fingerprint density at radius 3 is 2.05 bits per heavy atom. The van der Waals surface area contributed by atoms with E-state index in [2.05, 4.69) is 15.1 Å². The molecule has 12 heteroatoms. The molecule has 1 aliphatic rings. The molecule has 0 unspecified atom stereocenters. The van der Waals surface area contributed by atoms with Crippen LogP contribution in [0.15, 0.2) is 78.9 Å². The Kier molecular flexibility index (Phi) is 16.6. The quantitative estimate of drug-likeness (QED) is 0.141. The van der Waals surface area contributed by atoms with Gasteiger partial charge in [0.1, 0.15) is 11.7 Å². The van der Waals surface area contributed by atoms with E-state index in [9.17, 15) is 19.2 Å². The van der Waals surface area contributed by atoms with E-state index in [4.69, 9.17) is 9.47 Å². The summed E-state index contributed by atoms with van der Waals surface area (Å²) >= 11 is 0. The second-order valence-electron chi connectivity index (χ2n) is 15.7. The Balaban J connectivity index is 1.07. The molecule has 1 saturated heterocycles. The fourth-order valence-electron chi connectivity index (χ4n) is 6.52. The molecule has 56 heavy (non-hydrogen) atoms. The molecule has 3 aromatic rings. The van der Waals surface area contributed by atoms with Crippen LogP contribution in [0.25, 0.3) is 11.1 Å². The minimum Gasteiger partial charge on any atom is -0.446 e. The molecule has 1 heterocycles. The maximum atomic E-state index is 13.0. The van der Waals surface area contributed by atoms with E-state index >= 15 is 0 Å². The standard InChI is InChI=1S/C44H62N6O6/c1-44(2,3)56-43(54)49(7)29-15-28-48(6)41(52)35-21-23-36(24-22-35)46(4)27-14-13-20-40(51)47(5)32-33-50-30-25-37(26-31-50)55-42(53)45-39-19-12-11-18-38(39)34-16-9-8-10-17-34/h8-12,16-19,21-24,37H,13-15,20,25-33H2,1-7H3,(H,45,53). The number of para-hydroxylation sites is 1. The third-order valence-electron chi connectivity index (χ3n) is 9.96. The molecule has 1 N–H and O–H groups in total. The van der Waals surface area contributed by atoms with Crippen LogP contribution < -0.4 is 10.2 Å². The van der Waals surface area contributed by atoms with Crippen LogP contribution in [0.5, 0.6) is 0 Å². The number of rotatable bonds is 17. The molecule has 0 aromatic heterocycles. The maximum absolute atomic E-state index is 13.0. The number of likely N-dealkylation sites (N-methyl/N-ethyl adjacent to an activating group) is 1. The zero-order valence-corrected chi connectivity index (χ0v) is 34.5. The number of piperidine rings is 1. The molecule has 1 fully saturated rings. The van der Waals surface area contributed by atoms with Gasteiger partial charge in [-0.15, -0.1) is 0 Å². The van der Waals surface area contributed by atoms with Gasteiger partial charge < -0.3 is 34.0 Å². The highest BCUT2D eigenvalue weighted by molar-refractivity contribution is 5.94. The Morgan fingerprint density at radius 1 is 0.732 bits per heavy atom. The molecule has 4 amide bonds. The van der Waals surface area contributed by atoms with Gasteiger partial charge in [-0.1, -0.05) is 48.5 Å². The van der Waals surface area contributed by atoms with E-state index in [1.54, 1.807) is 19.0 Å². The molecule has 0 saturated carbocycles. The molecule has 0 radical (unpaired) electrons. The van der Waals surface area contributed by atoms with Crippen molar-refractivity contribution < 1.29 is 28.7 Å². The van der Waals surface area contributed by atoms with Gasteiger partial charge in [-0.3, -0.25) is 14.9 Å². The number of likely N-dealkylation sites (tertiary alicyclic amines) is 1. The van der Waals surface area contributed by atoms with Crippen LogP contribution in [0.3, 0.4) is 0 Å². The number of ether oxygens (including phenoxy) is 2. The number of carbonyl (C=O) groups is 4. The van der Waals surface area contributed by atoms with Crippen molar-refractivity contribution in [1.29, 1.82) is 0 Å². The Hall–Kier alpha value is -5.10. The van der Waals surface area contributed by atoms with Crippen LogP contribution in [-0.4, -0.2) is 129 Å². The normalized spacial score (nSPS) is 13.4. The van der Waals surface area contributed by atoms with Crippen LogP contribution in [0.1, 0.15) is 69.7 Å². The summed E-state index contributed by atoms with van der Waals surface area (Å²) in [5, 5.41) is 2.93. The molecular weight excluding hydrogens is 709 g/mol. The number of unbranched alkanes of at least 4 members (excludes halogenated alkanes) is 1. The second kappa shape index (κ2) is 21.3. The van der Waals surface area contributed by atoms with Gasteiger partial charge in [-0.2, -0.15) is 0 Å². The molecule has 0 atom stereocenters. The molecule has 4 rings (SSSR count). The highest BCUT2D eigenvalue weighted by atomic mass is 16.6. The summed E-state index contributed by atoms with van der Waals surface area (Å²) in [6, 6.07) is 25.3. The Bertz CT molecular complexity index is 1700. The summed E-state index contributed by atoms with van der Waals surface area (Å²) in [7, 11) is 7.35. The topological polar surface area (TPSA) is 115 Å². The lowest BCUT2D eigenvalue weighted by Gasteiger charge is -2.32. The lowest BCUT2D eigenvalue weighted by Crippen LogP contribution is -2.42. The summed E-state index contributed by atoms with van der Waals surface area (Å²) in [4.78, 5) is 60.3. The highest BCUT2D eigenvalue weighted by Crippen LogP contribution is 2.28. The summed E-state index contributed by atoms with van der Waals surface area (Å²) in [5.74, 6) is 0.0728. The minimum atomic E-state index is -0.546. The number of anilines is 2. The zero-order valence-electron chi connectivity index (χ0n) is 34.5. The van der Waals surface area contributed by atoms with Gasteiger partial charge in [-0.25, -0.2) is 9.59 Å². The monoisotopic (exact) mass is 770 g/mol. The summed E-state index contributed by atoms with van der Waals surface area (Å²) in [6.07, 6.45) is 3.36. The van der Waals surface area contributed by atoms with Crippen LogP contribution in [0, 0.1) is 0 Å². The van der Waals surface area contributed by atoms with Crippen molar-refractivity contribution in [2.24, 2.45) is 0 Å². The maximum Gasteiger partial charge on any atom is 0.411 e. The number of amides is 4. The first kappa shape index (κ1) is 43.6. The van der Waals surface area contributed by atoms with Crippen LogP contribution in [0.2, 0.25) is 0 Å². The molecule has 12 nitrogen and oxygen atoms in total. The number of benzene rings is 3. The van der Waals surface area contributed by atoms with Gasteiger partial charge in [0.15, 0.2) is 0 Å². The van der Waals surface area contributed by atoms with Crippen LogP contribution >= 0.6 is 0 Å². The zero-order chi connectivity index (χ0) is 40.7. The largest absolute Gasteiger partial charge is 0.446 e. The van der Waals surface area contributed by atoms with E-state index < -0.39 is 11.7 Å². The summed E-state index contributed by atoms with van der Waals surface area (Å²) in [6.45, 7) is 10.4.